The number of H-pyrrole nitrogens is 1. The summed E-state index contributed by atoms with van der Waals surface area (Å²) in [7, 11) is 0. The number of hydrogen-bond acceptors (Lipinski definition) is 3. The second kappa shape index (κ2) is 3.01. The number of rotatable bonds is 1. The van der Waals surface area contributed by atoms with Crippen LogP contribution in [0.3, 0.4) is 0 Å². The van der Waals surface area contributed by atoms with Crippen LogP contribution >= 0.6 is 0 Å². The number of oxime groups is 1. The molecule has 1 rings (SSSR count). The average Bonchev–Trinajstić information content (AvgIpc) is 1.95. The van der Waals surface area contributed by atoms with Crippen LogP contribution in [-0.2, 0) is 0 Å². The SMILES string of the molecule is Cc1cc(=O)[nH]cc1/C=N/O. The Kier molecular flexibility index (Phi) is 2.06. The fraction of sp³-hybridized carbons (Fsp3) is 0.143. The average molecular weight is 152 g/mol. The van der Waals surface area contributed by atoms with Crippen LogP contribution in [0.1, 0.15) is 11.1 Å². The van der Waals surface area contributed by atoms with E-state index in [-0.39, 0.29) is 5.56 Å². The highest BCUT2D eigenvalue weighted by atomic mass is 16.4. The van der Waals surface area contributed by atoms with E-state index in [1.165, 1.54) is 18.5 Å². The van der Waals surface area contributed by atoms with Crippen molar-refractivity contribution >= 4 is 6.21 Å². The Labute approximate surface area is 63.2 Å². The molecule has 0 saturated heterocycles. The lowest BCUT2D eigenvalue weighted by molar-refractivity contribution is 0.322. The van der Waals surface area contributed by atoms with E-state index in [9.17, 15) is 4.79 Å². The minimum absolute atomic E-state index is 0.155. The Balaban J connectivity index is 3.19. The van der Waals surface area contributed by atoms with Gasteiger partial charge in [-0.25, -0.2) is 0 Å². The van der Waals surface area contributed by atoms with E-state index in [0.29, 0.717) is 5.56 Å². The molecule has 0 aliphatic heterocycles. The lowest BCUT2D eigenvalue weighted by Gasteiger charge is -1.94. The van der Waals surface area contributed by atoms with Gasteiger partial charge in [0.2, 0.25) is 5.56 Å². The summed E-state index contributed by atoms with van der Waals surface area (Å²) in [5.74, 6) is 0. The standard InChI is InChI=1S/C7H8N2O2/c1-5-2-7(10)8-3-6(5)4-9-11/h2-4,11H,1H3,(H,8,10)/b9-4+. The maximum absolute atomic E-state index is 10.7. The molecule has 58 valence electrons. The van der Waals surface area contributed by atoms with Gasteiger partial charge in [0.05, 0.1) is 6.21 Å². The predicted octanol–water partition coefficient (Wildman–Crippen LogP) is 0.491. The number of aromatic nitrogens is 1. The van der Waals surface area contributed by atoms with E-state index in [1.807, 2.05) is 0 Å². The molecule has 0 aliphatic carbocycles. The highest BCUT2D eigenvalue weighted by Gasteiger charge is 1.93. The number of aromatic amines is 1. The van der Waals surface area contributed by atoms with Gasteiger partial charge in [-0.3, -0.25) is 4.79 Å². The molecule has 1 aromatic heterocycles. The molecule has 2 N–H and O–H groups in total. The molecule has 0 bridgehead atoms. The van der Waals surface area contributed by atoms with Crippen LogP contribution in [0.4, 0.5) is 0 Å². The van der Waals surface area contributed by atoms with E-state index >= 15 is 0 Å². The molecule has 0 amide bonds. The van der Waals surface area contributed by atoms with Gasteiger partial charge in [0.1, 0.15) is 0 Å². The molecule has 0 aliphatic rings. The van der Waals surface area contributed by atoms with Crippen LogP contribution < -0.4 is 5.56 Å². The summed E-state index contributed by atoms with van der Waals surface area (Å²) < 4.78 is 0. The molecule has 1 aromatic rings. The monoisotopic (exact) mass is 152 g/mol. The van der Waals surface area contributed by atoms with Crippen molar-refractivity contribution < 1.29 is 5.21 Å². The van der Waals surface area contributed by atoms with Crippen LogP contribution in [0.2, 0.25) is 0 Å². The fourth-order valence-corrected chi connectivity index (χ4v) is 0.786. The molecule has 0 fully saturated rings. The molecule has 0 unspecified atom stereocenters. The smallest absolute Gasteiger partial charge is 0.248 e. The van der Waals surface area contributed by atoms with Crippen LogP contribution in [0.5, 0.6) is 0 Å². The first-order chi connectivity index (χ1) is 5.24. The number of aryl methyl sites for hydroxylation is 1. The maximum atomic E-state index is 10.7. The summed E-state index contributed by atoms with van der Waals surface area (Å²) in [6.45, 7) is 1.77. The zero-order valence-corrected chi connectivity index (χ0v) is 6.03. The molecular weight excluding hydrogens is 144 g/mol. The zero-order chi connectivity index (χ0) is 8.27. The number of hydrogen-bond donors (Lipinski definition) is 2. The first-order valence-corrected chi connectivity index (χ1v) is 3.11. The number of nitrogens with zero attached hydrogens (tertiary/aromatic N) is 1. The van der Waals surface area contributed by atoms with Crippen molar-refractivity contribution in [1.82, 2.24) is 4.98 Å². The first kappa shape index (κ1) is 7.53. The van der Waals surface area contributed by atoms with Crippen LogP contribution in [-0.4, -0.2) is 16.4 Å². The van der Waals surface area contributed by atoms with Crippen molar-refractivity contribution in [1.29, 1.82) is 0 Å². The number of pyridine rings is 1. The van der Waals surface area contributed by atoms with Crippen molar-refractivity contribution in [3.05, 3.63) is 33.7 Å². The highest BCUT2D eigenvalue weighted by molar-refractivity contribution is 5.80. The molecule has 0 radical (unpaired) electrons. The van der Waals surface area contributed by atoms with Gasteiger partial charge in [0.15, 0.2) is 0 Å². The Morgan fingerprint density at radius 2 is 2.45 bits per heavy atom. The van der Waals surface area contributed by atoms with Crippen molar-refractivity contribution in [2.75, 3.05) is 0 Å². The summed E-state index contributed by atoms with van der Waals surface area (Å²) in [5.41, 5.74) is 1.33. The summed E-state index contributed by atoms with van der Waals surface area (Å²) in [4.78, 5) is 13.2. The Morgan fingerprint density at radius 1 is 1.73 bits per heavy atom. The summed E-state index contributed by atoms with van der Waals surface area (Å²) >= 11 is 0. The van der Waals surface area contributed by atoms with E-state index in [4.69, 9.17) is 5.21 Å². The minimum atomic E-state index is -0.155. The van der Waals surface area contributed by atoms with Gasteiger partial charge in [-0.1, -0.05) is 5.16 Å². The lowest BCUT2D eigenvalue weighted by atomic mass is 10.2. The van der Waals surface area contributed by atoms with Crippen LogP contribution in [0.25, 0.3) is 0 Å². The Morgan fingerprint density at radius 3 is 3.00 bits per heavy atom. The maximum Gasteiger partial charge on any atom is 0.248 e. The van der Waals surface area contributed by atoms with Gasteiger partial charge in [-0.15, -0.1) is 0 Å². The molecule has 0 spiro atoms. The zero-order valence-electron chi connectivity index (χ0n) is 6.03. The van der Waals surface area contributed by atoms with Crippen LogP contribution in [0.15, 0.2) is 22.2 Å². The lowest BCUT2D eigenvalue weighted by Crippen LogP contribution is -2.05. The summed E-state index contributed by atoms with van der Waals surface area (Å²) in [6, 6.07) is 1.44. The molecule has 0 atom stereocenters. The highest BCUT2D eigenvalue weighted by Crippen LogP contribution is 1.97. The van der Waals surface area contributed by atoms with Crippen molar-refractivity contribution in [3.63, 3.8) is 0 Å². The minimum Gasteiger partial charge on any atom is -0.411 e. The van der Waals surface area contributed by atoms with Crippen molar-refractivity contribution in [2.45, 2.75) is 6.92 Å². The van der Waals surface area contributed by atoms with E-state index in [2.05, 4.69) is 10.1 Å². The van der Waals surface area contributed by atoms with E-state index in [0.717, 1.165) is 5.56 Å². The summed E-state index contributed by atoms with van der Waals surface area (Å²) in [6.07, 6.45) is 2.77. The third-order valence-corrected chi connectivity index (χ3v) is 1.37. The molecule has 11 heavy (non-hydrogen) atoms. The van der Waals surface area contributed by atoms with Crippen molar-refractivity contribution in [2.24, 2.45) is 5.16 Å². The number of nitrogens with one attached hydrogen (secondary N) is 1. The molecule has 4 heteroatoms. The van der Waals surface area contributed by atoms with Gasteiger partial charge >= 0.3 is 0 Å². The van der Waals surface area contributed by atoms with Crippen LogP contribution in [0, 0.1) is 6.92 Å². The Bertz CT molecular complexity index is 327. The van der Waals surface area contributed by atoms with E-state index in [1.54, 1.807) is 6.92 Å². The summed E-state index contributed by atoms with van der Waals surface area (Å²) in [5, 5.41) is 11.0. The largest absolute Gasteiger partial charge is 0.411 e. The van der Waals surface area contributed by atoms with Crippen molar-refractivity contribution in [3.8, 4) is 0 Å². The van der Waals surface area contributed by atoms with E-state index < -0.39 is 0 Å². The van der Waals surface area contributed by atoms with Gasteiger partial charge in [-0.05, 0) is 12.5 Å². The fourth-order valence-electron chi connectivity index (χ4n) is 0.786. The molecule has 1 heterocycles. The predicted molar refractivity (Wildman–Crippen MR) is 41.2 cm³/mol. The second-order valence-electron chi connectivity index (χ2n) is 2.18. The molecule has 0 saturated carbocycles. The normalized spacial score (nSPS) is 10.6. The third-order valence-electron chi connectivity index (χ3n) is 1.37. The third kappa shape index (κ3) is 1.67. The van der Waals surface area contributed by atoms with Gasteiger partial charge in [0, 0.05) is 17.8 Å². The topological polar surface area (TPSA) is 65.5 Å². The second-order valence-corrected chi connectivity index (χ2v) is 2.18. The van der Waals surface area contributed by atoms with Gasteiger partial charge < -0.3 is 10.2 Å². The van der Waals surface area contributed by atoms with Gasteiger partial charge in [-0.2, -0.15) is 0 Å². The molecule has 0 aromatic carbocycles. The Hall–Kier alpha value is -1.58. The first-order valence-electron chi connectivity index (χ1n) is 3.11. The van der Waals surface area contributed by atoms with Gasteiger partial charge in [0.25, 0.3) is 0 Å². The quantitative estimate of drug-likeness (QED) is 0.349. The molecular formula is C7H8N2O2. The molecule has 4 nitrogen and oxygen atoms in total.